The third kappa shape index (κ3) is 4.29. The van der Waals surface area contributed by atoms with E-state index in [9.17, 15) is 8.42 Å². The number of sulfonamides is 1. The molecule has 2 heterocycles. The van der Waals surface area contributed by atoms with Crippen LogP contribution in [0.5, 0.6) is 5.88 Å². The number of anilines is 1. The minimum atomic E-state index is -3.81. The quantitative estimate of drug-likeness (QED) is 0.687. The molecule has 1 aromatic heterocycles. The molecule has 1 fully saturated rings. The van der Waals surface area contributed by atoms with Crippen molar-refractivity contribution in [3.8, 4) is 17.1 Å². The fourth-order valence-electron chi connectivity index (χ4n) is 2.84. The maximum atomic E-state index is 12.7. The Balaban J connectivity index is 1.69. The molecule has 1 unspecified atom stereocenters. The van der Waals surface area contributed by atoms with Crippen LogP contribution in [0.4, 0.5) is 5.95 Å². The Labute approximate surface area is 163 Å². The van der Waals surface area contributed by atoms with E-state index in [-0.39, 0.29) is 16.9 Å². The first-order chi connectivity index (χ1) is 13.6. The van der Waals surface area contributed by atoms with E-state index in [0.717, 1.165) is 12.0 Å². The van der Waals surface area contributed by atoms with Crippen LogP contribution >= 0.6 is 0 Å². The number of ether oxygens (including phenoxy) is 2. The highest BCUT2D eigenvalue weighted by molar-refractivity contribution is 7.92. The average molecular weight is 397 g/mol. The van der Waals surface area contributed by atoms with Gasteiger partial charge >= 0.3 is 0 Å². The Bertz CT molecular complexity index is 1040. The molecule has 0 bridgehead atoms. The number of hydrogen-bond donors (Lipinski definition) is 1. The monoisotopic (exact) mass is 397 g/mol. The second kappa shape index (κ2) is 7.95. The molecule has 7 nitrogen and oxygen atoms in total. The summed E-state index contributed by atoms with van der Waals surface area (Å²) in [6.07, 6.45) is 0.646. The first-order valence-electron chi connectivity index (χ1n) is 8.87. The number of rotatable bonds is 6. The van der Waals surface area contributed by atoms with Crippen molar-refractivity contribution >= 4 is 16.0 Å². The highest BCUT2D eigenvalue weighted by atomic mass is 32.2. The van der Waals surface area contributed by atoms with Gasteiger partial charge in [0.05, 0.1) is 23.8 Å². The molecule has 144 valence electrons. The lowest BCUT2D eigenvalue weighted by molar-refractivity contribution is 0.138. The van der Waals surface area contributed by atoms with Gasteiger partial charge < -0.3 is 9.47 Å². The van der Waals surface area contributed by atoms with E-state index in [2.05, 4.69) is 14.7 Å². The van der Waals surface area contributed by atoms with Crippen molar-refractivity contribution in [2.24, 2.45) is 0 Å². The molecule has 1 atom stereocenters. The van der Waals surface area contributed by atoms with Crippen molar-refractivity contribution in [1.29, 1.82) is 0 Å². The zero-order valence-electron chi connectivity index (χ0n) is 15.0. The van der Waals surface area contributed by atoms with Crippen LogP contribution in [0.25, 0.3) is 11.3 Å². The summed E-state index contributed by atoms with van der Waals surface area (Å²) in [5.74, 6) is 0.259. The Morgan fingerprint density at radius 1 is 1.00 bits per heavy atom. The average Bonchev–Trinajstić information content (AvgIpc) is 3.22. The van der Waals surface area contributed by atoms with Crippen LogP contribution in [0.3, 0.4) is 0 Å². The van der Waals surface area contributed by atoms with Gasteiger partial charge in [-0.3, -0.25) is 0 Å². The first-order valence-corrected chi connectivity index (χ1v) is 10.4. The molecule has 0 radical (unpaired) electrons. The van der Waals surface area contributed by atoms with Crippen LogP contribution in [0, 0.1) is 0 Å². The summed E-state index contributed by atoms with van der Waals surface area (Å²) in [6, 6.07) is 19.2. The van der Waals surface area contributed by atoms with Crippen molar-refractivity contribution in [2.75, 3.05) is 17.9 Å². The summed E-state index contributed by atoms with van der Waals surface area (Å²) in [6.45, 7) is 1.12. The van der Waals surface area contributed by atoms with Gasteiger partial charge in [0.25, 0.3) is 10.0 Å². The molecule has 0 saturated carbocycles. The maximum Gasteiger partial charge on any atom is 0.264 e. The minimum absolute atomic E-state index is 0.0425. The van der Waals surface area contributed by atoms with Gasteiger partial charge in [-0.05, 0) is 12.1 Å². The van der Waals surface area contributed by atoms with Crippen LogP contribution in [0.1, 0.15) is 6.42 Å². The number of benzene rings is 2. The van der Waals surface area contributed by atoms with E-state index < -0.39 is 10.0 Å². The number of nitrogens with one attached hydrogen (secondary N) is 1. The van der Waals surface area contributed by atoms with E-state index >= 15 is 0 Å². The maximum absolute atomic E-state index is 12.7. The van der Waals surface area contributed by atoms with Crippen LogP contribution in [-0.2, 0) is 14.8 Å². The lowest BCUT2D eigenvalue weighted by atomic mass is 10.1. The predicted molar refractivity (Wildman–Crippen MR) is 105 cm³/mol. The van der Waals surface area contributed by atoms with Crippen LogP contribution < -0.4 is 9.46 Å². The lowest BCUT2D eigenvalue weighted by Crippen LogP contribution is -2.19. The van der Waals surface area contributed by atoms with Crippen molar-refractivity contribution in [1.82, 2.24) is 9.97 Å². The van der Waals surface area contributed by atoms with E-state index in [0.29, 0.717) is 24.8 Å². The van der Waals surface area contributed by atoms with Crippen molar-refractivity contribution < 1.29 is 17.9 Å². The Morgan fingerprint density at radius 2 is 1.71 bits per heavy atom. The molecule has 1 N–H and O–H groups in total. The van der Waals surface area contributed by atoms with E-state index in [1.54, 1.807) is 24.3 Å². The third-order valence-corrected chi connectivity index (χ3v) is 5.57. The summed E-state index contributed by atoms with van der Waals surface area (Å²) in [7, 11) is -3.81. The van der Waals surface area contributed by atoms with Gasteiger partial charge in [-0.1, -0.05) is 48.5 Å². The molecule has 3 aromatic rings. The molecule has 0 spiro atoms. The summed E-state index contributed by atoms with van der Waals surface area (Å²) in [5, 5.41) is 0. The third-order valence-electron chi connectivity index (χ3n) is 4.23. The lowest BCUT2D eigenvalue weighted by Gasteiger charge is -2.14. The van der Waals surface area contributed by atoms with E-state index in [1.807, 2.05) is 30.3 Å². The Kier molecular flexibility index (Phi) is 5.23. The second-order valence-corrected chi connectivity index (χ2v) is 7.99. The Hall–Kier alpha value is -2.97. The fraction of sp³-hybridized carbons (Fsp3) is 0.200. The van der Waals surface area contributed by atoms with Crippen LogP contribution in [0.2, 0.25) is 0 Å². The molecule has 28 heavy (non-hydrogen) atoms. The summed E-state index contributed by atoms with van der Waals surface area (Å²) in [5.41, 5.74) is 1.40. The molecule has 0 aliphatic carbocycles. The van der Waals surface area contributed by atoms with Crippen molar-refractivity contribution in [3.63, 3.8) is 0 Å². The number of aromatic nitrogens is 2. The highest BCUT2D eigenvalue weighted by Gasteiger charge is 2.21. The summed E-state index contributed by atoms with van der Waals surface area (Å²) < 4.78 is 39.0. The van der Waals surface area contributed by atoms with Gasteiger partial charge in [0, 0.05) is 18.1 Å². The van der Waals surface area contributed by atoms with Gasteiger partial charge in [0.2, 0.25) is 11.8 Å². The molecule has 1 aliphatic heterocycles. The SMILES string of the molecule is O=S(=O)(Nc1nc(OC2CCOC2)cc(-c2ccccc2)n1)c1ccccc1. The largest absolute Gasteiger partial charge is 0.472 e. The molecular formula is C20H19N3O4S. The molecule has 2 aromatic carbocycles. The van der Waals surface area contributed by atoms with Gasteiger partial charge in [-0.15, -0.1) is 0 Å². The second-order valence-electron chi connectivity index (χ2n) is 6.30. The van der Waals surface area contributed by atoms with Gasteiger partial charge in [-0.2, -0.15) is 4.98 Å². The van der Waals surface area contributed by atoms with Crippen LogP contribution in [-0.4, -0.2) is 37.7 Å². The van der Waals surface area contributed by atoms with Crippen molar-refractivity contribution in [2.45, 2.75) is 17.4 Å². The van der Waals surface area contributed by atoms with Gasteiger partial charge in [0.15, 0.2) is 0 Å². The zero-order chi connectivity index (χ0) is 19.4. The molecular weight excluding hydrogens is 378 g/mol. The standard InChI is InChI=1S/C20H19N3O4S/c24-28(25,17-9-5-2-6-10-17)23-20-21-18(15-7-3-1-4-8-15)13-19(22-20)27-16-11-12-26-14-16/h1-10,13,16H,11-12,14H2,(H,21,22,23). The topological polar surface area (TPSA) is 90.4 Å². The van der Waals surface area contributed by atoms with Gasteiger partial charge in [-0.25, -0.2) is 18.1 Å². The predicted octanol–water partition coefficient (Wildman–Crippen LogP) is 3.11. The summed E-state index contributed by atoms with van der Waals surface area (Å²) in [4.78, 5) is 8.76. The smallest absolute Gasteiger partial charge is 0.264 e. The van der Waals surface area contributed by atoms with Gasteiger partial charge in [0.1, 0.15) is 6.10 Å². The molecule has 1 aliphatic rings. The molecule has 8 heteroatoms. The number of hydrogen-bond acceptors (Lipinski definition) is 6. The molecule has 1 saturated heterocycles. The zero-order valence-corrected chi connectivity index (χ0v) is 15.8. The minimum Gasteiger partial charge on any atom is -0.472 e. The first kappa shape index (κ1) is 18.4. The molecule has 4 rings (SSSR count). The Morgan fingerprint density at radius 3 is 2.39 bits per heavy atom. The van der Waals surface area contributed by atoms with Crippen LogP contribution in [0.15, 0.2) is 71.6 Å². The number of nitrogens with zero attached hydrogens (tertiary/aromatic N) is 2. The fourth-order valence-corrected chi connectivity index (χ4v) is 3.81. The van der Waals surface area contributed by atoms with E-state index in [4.69, 9.17) is 9.47 Å². The highest BCUT2D eigenvalue weighted by Crippen LogP contribution is 2.25. The molecule has 0 amide bonds. The van der Waals surface area contributed by atoms with Crippen molar-refractivity contribution in [3.05, 3.63) is 66.7 Å². The van der Waals surface area contributed by atoms with E-state index in [1.165, 1.54) is 12.1 Å². The summed E-state index contributed by atoms with van der Waals surface area (Å²) >= 11 is 0. The normalized spacial score (nSPS) is 16.6.